The van der Waals surface area contributed by atoms with Gasteiger partial charge in [0.15, 0.2) is 0 Å². The Balaban J connectivity index is 2.00. The standard InChI is InChI=1S/C16H20N2O/c1-2-8-16(9-5-10-16)12-18-15(19)14-7-4-3-6-13(14)11-17/h3-4,6-7H,2,5,8-10,12H2,1H3,(H,18,19). The molecule has 100 valence electrons. The molecule has 1 fully saturated rings. The first kappa shape index (κ1) is 13.6. The number of hydrogen-bond acceptors (Lipinski definition) is 2. The van der Waals surface area contributed by atoms with Crippen LogP contribution in [0.5, 0.6) is 0 Å². The van der Waals surface area contributed by atoms with Gasteiger partial charge in [-0.1, -0.05) is 31.9 Å². The van der Waals surface area contributed by atoms with Crippen LogP contribution in [-0.2, 0) is 0 Å². The minimum Gasteiger partial charge on any atom is -0.351 e. The summed E-state index contributed by atoms with van der Waals surface area (Å²) < 4.78 is 0. The van der Waals surface area contributed by atoms with E-state index in [1.807, 2.05) is 0 Å². The summed E-state index contributed by atoms with van der Waals surface area (Å²) >= 11 is 0. The monoisotopic (exact) mass is 256 g/mol. The molecular weight excluding hydrogens is 236 g/mol. The van der Waals surface area contributed by atoms with Crippen molar-refractivity contribution >= 4 is 5.91 Å². The van der Waals surface area contributed by atoms with Crippen molar-refractivity contribution in [3.63, 3.8) is 0 Å². The molecule has 0 aliphatic heterocycles. The van der Waals surface area contributed by atoms with Gasteiger partial charge in [-0.25, -0.2) is 0 Å². The number of nitrogens with one attached hydrogen (secondary N) is 1. The number of amides is 1. The normalized spacial score (nSPS) is 16.2. The number of rotatable bonds is 5. The van der Waals surface area contributed by atoms with Crippen LogP contribution in [0.25, 0.3) is 0 Å². The van der Waals surface area contributed by atoms with Gasteiger partial charge in [-0.15, -0.1) is 0 Å². The summed E-state index contributed by atoms with van der Waals surface area (Å²) in [4.78, 5) is 12.2. The summed E-state index contributed by atoms with van der Waals surface area (Å²) in [6.07, 6.45) is 6.02. The molecule has 1 amide bonds. The molecule has 0 heterocycles. The molecule has 0 saturated heterocycles. The summed E-state index contributed by atoms with van der Waals surface area (Å²) in [6, 6.07) is 9.03. The largest absolute Gasteiger partial charge is 0.351 e. The molecule has 0 bridgehead atoms. The molecule has 1 aliphatic carbocycles. The molecule has 0 radical (unpaired) electrons. The lowest BCUT2D eigenvalue weighted by atomic mass is 9.66. The first-order chi connectivity index (χ1) is 9.21. The van der Waals surface area contributed by atoms with Crippen molar-refractivity contribution in [2.24, 2.45) is 5.41 Å². The number of hydrogen-bond donors (Lipinski definition) is 1. The molecule has 0 atom stereocenters. The molecule has 3 heteroatoms. The second-order valence-corrected chi connectivity index (χ2v) is 5.44. The summed E-state index contributed by atoms with van der Waals surface area (Å²) in [7, 11) is 0. The minimum absolute atomic E-state index is 0.125. The lowest BCUT2D eigenvalue weighted by Gasteiger charge is -2.42. The highest BCUT2D eigenvalue weighted by Gasteiger charge is 2.36. The van der Waals surface area contributed by atoms with Crippen molar-refractivity contribution in [2.75, 3.05) is 6.54 Å². The second-order valence-electron chi connectivity index (χ2n) is 5.44. The van der Waals surface area contributed by atoms with Crippen LogP contribution in [0.3, 0.4) is 0 Å². The van der Waals surface area contributed by atoms with E-state index in [2.05, 4.69) is 18.3 Å². The highest BCUT2D eigenvalue weighted by Crippen LogP contribution is 2.44. The number of nitrogens with zero attached hydrogens (tertiary/aromatic N) is 1. The van der Waals surface area contributed by atoms with Crippen LogP contribution >= 0.6 is 0 Å². The minimum atomic E-state index is -0.125. The maximum absolute atomic E-state index is 12.2. The Morgan fingerprint density at radius 3 is 2.74 bits per heavy atom. The molecule has 19 heavy (non-hydrogen) atoms. The summed E-state index contributed by atoms with van der Waals surface area (Å²) in [6.45, 7) is 2.92. The first-order valence-corrected chi connectivity index (χ1v) is 6.98. The van der Waals surface area contributed by atoms with E-state index in [9.17, 15) is 4.79 Å². The van der Waals surface area contributed by atoms with Crippen molar-refractivity contribution in [1.29, 1.82) is 5.26 Å². The zero-order valence-electron chi connectivity index (χ0n) is 11.4. The Bertz CT molecular complexity index is 498. The van der Waals surface area contributed by atoms with Crippen molar-refractivity contribution < 1.29 is 4.79 Å². The van der Waals surface area contributed by atoms with E-state index in [4.69, 9.17) is 5.26 Å². The number of carbonyl (C=O) groups is 1. The van der Waals surface area contributed by atoms with Crippen LogP contribution in [0.2, 0.25) is 0 Å². The average molecular weight is 256 g/mol. The summed E-state index contributed by atoms with van der Waals surface area (Å²) in [5.41, 5.74) is 1.24. The molecule has 0 unspecified atom stereocenters. The number of benzene rings is 1. The van der Waals surface area contributed by atoms with E-state index in [-0.39, 0.29) is 5.91 Å². The van der Waals surface area contributed by atoms with Crippen LogP contribution in [0, 0.1) is 16.7 Å². The molecular formula is C16H20N2O. The highest BCUT2D eigenvalue weighted by molar-refractivity contribution is 5.96. The molecule has 1 aromatic carbocycles. The molecule has 1 aromatic rings. The Hall–Kier alpha value is -1.82. The zero-order chi connectivity index (χ0) is 13.7. The topological polar surface area (TPSA) is 52.9 Å². The van der Waals surface area contributed by atoms with Crippen molar-refractivity contribution in [3.05, 3.63) is 35.4 Å². The fourth-order valence-electron chi connectivity index (χ4n) is 2.86. The van der Waals surface area contributed by atoms with Gasteiger partial charge in [-0.3, -0.25) is 4.79 Å². The van der Waals surface area contributed by atoms with Crippen LogP contribution in [0.4, 0.5) is 0 Å². The van der Waals surface area contributed by atoms with Gasteiger partial charge in [0.25, 0.3) is 5.91 Å². The third kappa shape index (κ3) is 2.96. The van der Waals surface area contributed by atoms with Gasteiger partial charge in [0.2, 0.25) is 0 Å². The lowest BCUT2D eigenvalue weighted by Crippen LogP contribution is -2.42. The summed E-state index contributed by atoms with van der Waals surface area (Å²) in [5.74, 6) is -0.125. The molecule has 1 saturated carbocycles. The predicted octanol–water partition coefficient (Wildman–Crippen LogP) is 3.26. The number of carbonyl (C=O) groups excluding carboxylic acids is 1. The zero-order valence-corrected chi connectivity index (χ0v) is 11.4. The van der Waals surface area contributed by atoms with E-state index >= 15 is 0 Å². The van der Waals surface area contributed by atoms with Gasteiger partial charge >= 0.3 is 0 Å². The van der Waals surface area contributed by atoms with Crippen molar-refractivity contribution in [1.82, 2.24) is 5.32 Å². The second kappa shape index (κ2) is 5.88. The van der Waals surface area contributed by atoms with Crippen molar-refractivity contribution in [3.8, 4) is 6.07 Å². The van der Waals surface area contributed by atoms with Crippen LogP contribution < -0.4 is 5.32 Å². The molecule has 0 spiro atoms. The van der Waals surface area contributed by atoms with E-state index < -0.39 is 0 Å². The van der Waals surface area contributed by atoms with Gasteiger partial charge in [0.05, 0.1) is 17.2 Å². The van der Waals surface area contributed by atoms with Gasteiger partial charge in [0.1, 0.15) is 0 Å². The Morgan fingerprint density at radius 2 is 2.16 bits per heavy atom. The fourth-order valence-corrected chi connectivity index (χ4v) is 2.86. The highest BCUT2D eigenvalue weighted by atomic mass is 16.1. The maximum atomic E-state index is 12.2. The summed E-state index contributed by atoms with van der Waals surface area (Å²) in [5, 5.41) is 12.0. The quantitative estimate of drug-likeness (QED) is 0.879. The predicted molar refractivity (Wildman–Crippen MR) is 74.7 cm³/mol. The smallest absolute Gasteiger partial charge is 0.252 e. The van der Waals surface area contributed by atoms with E-state index in [0.717, 1.165) is 13.0 Å². The molecule has 3 nitrogen and oxygen atoms in total. The molecule has 2 rings (SSSR count). The molecule has 0 aromatic heterocycles. The Labute approximate surface area is 114 Å². The van der Waals surface area contributed by atoms with Gasteiger partial charge in [-0.2, -0.15) is 5.26 Å². The lowest BCUT2D eigenvalue weighted by molar-refractivity contribution is 0.0832. The van der Waals surface area contributed by atoms with E-state index in [1.54, 1.807) is 24.3 Å². The van der Waals surface area contributed by atoms with Gasteiger partial charge < -0.3 is 5.32 Å². The third-order valence-electron chi connectivity index (χ3n) is 4.11. The number of nitriles is 1. The van der Waals surface area contributed by atoms with Gasteiger partial charge in [0, 0.05) is 6.54 Å². The van der Waals surface area contributed by atoms with Crippen LogP contribution in [-0.4, -0.2) is 12.5 Å². The van der Waals surface area contributed by atoms with E-state index in [1.165, 1.54) is 25.7 Å². The van der Waals surface area contributed by atoms with Crippen molar-refractivity contribution in [2.45, 2.75) is 39.0 Å². The SMILES string of the molecule is CCCC1(CNC(=O)c2ccccc2C#N)CCC1. The van der Waals surface area contributed by atoms with Gasteiger partial charge in [-0.05, 0) is 36.8 Å². The Kier molecular flexibility index (Phi) is 4.21. The maximum Gasteiger partial charge on any atom is 0.252 e. The fraction of sp³-hybridized carbons (Fsp3) is 0.500. The third-order valence-corrected chi connectivity index (χ3v) is 4.11. The molecule has 1 N–H and O–H groups in total. The Morgan fingerprint density at radius 1 is 1.42 bits per heavy atom. The molecule has 1 aliphatic rings. The first-order valence-electron chi connectivity index (χ1n) is 6.98. The average Bonchev–Trinajstić information content (AvgIpc) is 2.41. The van der Waals surface area contributed by atoms with Crippen LogP contribution in [0.1, 0.15) is 54.9 Å². The van der Waals surface area contributed by atoms with Crippen LogP contribution in [0.15, 0.2) is 24.3 Å². The van der Waals surface area contributed by atoms with E-state index in [0.29, 0.717) is 16.5 Å².